The van der Waals surface area contributed by atoms with Gasteiger partial charge >= 0.3 is 0 Å². The molecule has 0 bridgehead atoms. The molecule has 2 rings (SSSR count). The molecule has 20 heavy (non-hydrogen) atoms. The van der Waals surface area contributed by atoms with Crippen molar-refractivity contribution < 1.29 is 0 Å². The summed E-state index contributed by atoms with van der Waals surface area (Å²) in [7, 11) is 0. The molecule has 1 fully saturated rings. The van der Waals surface area contributed by atoms with Gasteiger partial charge in [0, 0.05) is 24.7 Å². The lowest BCUT2D eigenvalue weighted by atomic mass is 9.95. The fourth-order valence-electron chi connectivity index (χ4n) is 2.55. The molecule has 0 amide bonds. The van der Waals surface area contributed by atoms with Gasteiger partial charge in [-0.3, -0.25) is 4.98 Å². The molecule has 1 aliphatic rings. The molecule has 0 spiro atoms. The normalized spacial score (nSPS) is 23.9. The smallest absolute Gasteiger partial charge is 0.147 e. The fourth-order valence-corrected chi connectivity index (χ4v) is 2.55. The second-order valence-electron chi connectivity index (χ2n) is 7.15. The minimum absolute atomic E-state index is 0.108. The summed E-state index contributed by atoms with van der Waals surface area (Å²) >= 11 is 0. The highest BCUT2D eigenvalue weighted by atomic mass is 15.2. The van der Waals surface area contributed by atoms with E-state index in [2.05, 4.69) is 54.8 Å². The molecule has 2 atom stereocenters. The topological polar surface area (TPSA) is 41.1 Å². The van der Waals surface area contributed by atoms with Crippen LogP contribution in [0.15, 0.2) is 12.4 Å². The van der Waals surface area contributed by atoms with Crippen LogP contribution in [0, 0.1) is 5.92 Å². The zero-order valence-electron chi connectivity index (χ0n) is 13.5. The van der Waals surface area contributed by atoms with Crippen LogP contribution in [0.4, 0.5) is 5.82 Å². The summed E-state index contributed by atoms with van der Waals surface area (Å²) in [6.07, 6.45) is 6.39. The first-order valence-corrected chi connectivity index (χ1v) is 7.68. The van der Waals surface area contributed by atoms with Crippen molar-refractivity contribution in [3.05, 3.63) is 18.1 Å². The van der Waals surface area contributed by atoms with Crippen molar-refractivity contribution >= 4 is 5.82 Å². The molecule has 1 aromatic rings. The molecule has 1 N–H and O–H groups in total. The lowest BCUT2D eigenvalue weighted by molar-refractivity contribution is 0.387. The van der Waals surface area contributed by atoms with Crippen molar-refractivity contribution in [1.29, 1.82) is 0 Å². The van der Waals surface area contributed by atoms with E-state index in [1.165, 1.54) is 12.8 Å². The molecule has 2 heterocycles. The second-order valence-corrected chi connectivity index (χ2v) is 7.15. The number of hydrogen-bond donors (Lipinski definition) is 1. The van der Waals surface area contributed by atoms with Crippen molar-refractivity contribution in [2.75, 3.05) is 11.4 Å². The van der Waals surface area contributed by atoms with Crippen LogP contribution in [0.5, 0.6) is 0 Å². The van der Waals surface area contributed by atoms with E-state index in [1.54, 1.807) is 0 Å². The molecule has 2 unspecified atom stereocenters. The van der Waals surface area contributed by atoms with E-state index < -0.39 is 0 Å². The zero-order valence-corrected chi connectivity index (χ0v) is 13.5. The summed E-state index contributed by atoms with van der Waals surface area (Å²) in [4.78, 5) is 11.6. The highest BCUT2D eigenvalue weighted by Gasteiger charge is 2.24. The summed E-state index contributed by atoms with van der Waals surface area (Å²) in [5.41, 5.74) is 1.11. The fraction of sp³-hybridized carbons (Fsp3) is 0.750. The summed E-state index contributed by atoms with van der Waals surface area (Å²) in [5.74, 6) is 1.76. The van der Waals surface area contributed by atoms with Crippen LogP contribution in [0.25, 0.3) is 0 Å². The summed E-state index contributed by atoms with van der Waals surface area (Å²) in [6, 6.07) is 0.569. The SMILES string of the molecule is CC1CCC(C)N(c2cnc(CNC(C)(C)C)cn2)C1. The largest absolute Gasteiger partial charge is 0.352 e. The van der Waals surface area contributed by atoms with E-state index in [4.69, 9.17) is 0 Å². The maximum absolute atomic E-state index is 4.61. The average Bonchev–Trinajstić information content (AvgIpc) is 2.39. The molecule has 4 heteroatoms. The molecule has 1 saturated heterocycles. The van der Waals surface area contributed by atoms with Gasteiger partial charge < -0.3 is 10.2 Å². The first kappa shape index (κ1) is 15.2. The number of rotatable bonds is 3. The number of aromatic nitrogens is 2. The van der Waals surface area contributed by atoms with Gasteiger partial charge in [-0.2, -0.15) is 0 Å². The van der Waals surface area contributed by atoms with Crippen molar-refractivity contribution in [1.82, 2.24) is 15.3 Å². The minimum atomic E-state index is 0.108. The molecular weight excluding hydrogens is 248 g/mol. The Bertz CT molecular complexity index is 421. The van der Waals surface area contributed by atoms with Crippen LogP contribution in [-0.2, 0) is 6.54 Å². The van der Waals surface area contributed by atoms with Crippen molar-refractivity contribution in [2.45, 2.75) is 65.6 Å². The van der Waals surface area contributed by atoms with Gasteiger partial charge in [-0.1, -0.05) is 6.92 Å². The Hall–Kier alpha value is -1.16. The van der Waals surface area contributed by atoms with Crippen LogP contribution in [0.1, 0.15) is 53.2 Å². The van der Waals surface area contributed by atoms with E-state index >= 15 is 0 Å². The average molecular weight is 276 g/mol. The van der Waals surface area contributed by atoms with Gasteiger partial charge in [0.25, 0.3) is 0 Å². The molecule has 0 aliphatic carbocycles. The van der Waals surface area contributed by atoms with Gasteiger partial charge in [-0.15, -0.1) is 0 Å². The van der Waals surface area contributed by atoms with Crippen LogP contribution in [0.2, 0.25) is 0 Å². The standard InChI is InChI=1S/C16H28N4/c1-12-6-7-13(2)20(11-12)15-10-17-14(8-18-15)9-19-16(3,4)5/h8,10,12-13,19H,6-7,9,11H2,1-5H3. The Morgan fingerprint density at radius 3 is 2.55 bits per heavy atom. The molecule has 1 aliphatic heterocycles. The maximum atomic E-state index is 4.61. The molecule has 4 nitrogen and oxygen atoms in total. The van der Waals surface area contributed by atoms with Crippen LogP contribution in [0.3, 0.4) is 0 Å². The molecular formula is C16H28N4. The van der Waals surface area contributed by atoms with Crippen LogP contribution < -0.4 is 10.2 Å². The first-order valence-electron chi connectivity index (χ1n) is 7.68. The molecule has 0 saturated carbocycles. The zero-order chi connectivity index (χ0) is 14.8. The molecule has 112 valence electrons. The number of piperidine rings is 1. The van der Waals surface area contributed by atoms with E-state index in [1.807, 2.05) is 12.4 Å². The molecule has 0 aromatic carbocycles. The molecule has 1 aromatic heterocycles. The number of hydrogen-bond acceptors (Lipinski definition) is 4. The van der Waals surface area contributed by atoms with Crippen molar-refractivity contribution in [3.8, 4) is 0 Å². The van der Waals surface area contributed by atoms with Gasteiger partial charge in [0.2, 0.25) is 0 Å². The Kier molecular flexibility index (Phi) is 4.63. The van der Waals surface area contributed by atoms with Crippen molar-refractivity contribution in [2.24, 2.45) is 5.92 Å². The molecule has 0 radical (unpaired) electrons. The van der Waals surface area contributed by atoms with Crippen molar-refractivity contribution in [3.63, 3.8) is 0 Å². The second kappa shape index (κ2) is 6.08. The van der Waals surface area contributed by atoms with E-state index in [0.717, 1.165) is 30.5 Å². The number of nitrogens with one attached hydrogen (secondary N) is 1. The van der Waals surface area contributed by atoms with Gasteiger partial charge in [-0.25, -0.2) is 4.98 Å². The third-order valence-corrected chi connectivity index (χ3v) is 3.90. The highest BCUT2D eigenvalue weighted by Crippen LogP contribution is 2.25. The minimum Gasteiger partial charge on any atom is -0.352 e. The Balaban J connectivity index is 2.00. The lowest BCUT2D eigenvalue weighted by Gasteiger charge is -2.37. The van der Waals surface area contributed by atoms with E-state index in [0.29, 0.717) is 6.04 Å². The summed E-state index contributed by atoms with van der Waals surface area (Å²) in [5, 5.41) is 3.44. The monoisotopic (exact) mass is 276 g/mol. The van der Waals surface area contributed by atoms with Gasteiger partial charge in [0.1, 0.15) is 5.82 Å². The van der Waals surface area contributed by atoms with Gasteiger partial charge in [-0.05, 0) is 46.5 Å². The van der Waals surface area contributed by atoms with Crippen LogP contribution >= 0.6 is 0 Å². The summed E-state index contributed by atoms with van der Waals surface area (Å²) < 4.78 is 0. The Morgan fingerprint density at radius 2 is 1.95 bits per heavy atom. The quantitative estimate of drug-likeness (QED) is 0.921. The predicted molar refractivity (Wildman–Crippen MR) is 83.8 cm³/mol. The highest BCUT2D eigenvalue weighted by molar-refractivity contribution is 5.38. The summed E-state index contributed by atoms with van der Waals surface area (Å²) in [6.45, 7) is 12.9. The van der Waals surface area contributed by atoms with E-state index in [9.17, 15) is 0 Å². The lowest BCUT2D eigenvalue weighted by Crippen LogP contribution is -2.41. The predicted octanol–water partition coefficient (Wildman–Crippen LogP) is 2.99. The Labute approximate surface area is 123 Å². The first-order chi connectivity index (χ1) is 9.35. The number of nitrogens with zero attached hydrogens (tertiary/aromatic N) is 3. The third kappa shape index (κ3) is 4.17. The Morgan fingerprint density at radius 1 is 1.20 bits per heavy atom. The third-order valence-electron chi connectivity index (χ3n) is 3.90. The van der Waals surface area contributed by atoms with Crippen LogP contribution in [-0.4, -0.2) is 28.1 Å². The van der Waals surface area contributed by atoms with Gasteiger partial charge in [0.05, 0.1) is 18.1 Å². The van der Waals surface area contributed by atoms with Gasteiger partial charge in [0.15, 0.2) is 0 Å². The van der Waals surface area contributed by atoms with E-state index in [-0.39, 0.29) is 5.54 Å². The number of anilines is 1. The maximum Gasteiger partial charge on any atom is 0.147 e.